The minimum atomic E-state index is -3.19. The maximum absolute atomic E-state index is 12.2. The van der Waals surface area contributed by atoms with Gasteiger partial charge in [0.1, 0.15) is 0 Å². The molecule has 0 radical (unpaired) electrons. The van der Waals surface area contributed by atoms with Crippen molar-refractivity contribution in [3.05, 3.63) is 35.4 Å². The van der Waals surface area contributed by atoms with Crippen LogP contribution in [0.1, 0.15) is 56.5 Å². The highest BCUT2D eigenvalue weighted by atomic mass is 32.2. The lowest BCUT2D eigenvalue weighted by Gasteiger charge is -2.19. The Morgan fingerprint density at radius 2 is 1.71 bits per heavy atom. The van der Waals surface area contributed by atoms with Gasteiger partial charge in [0.2, 0.25) is 0 Å². The fourth-order valence-corrected chi connectivity index (χ4v) is 3.33. The zero-order chi connectivity index (χ0) is 15.8. The Bertz CT molecular complexity index is 621. The van der Waals surface area contributed by atoms with Crippen LogP contribution in [0, 0.1) is 11.8 Å². The molecule has 21 heavy (non-hydrogen) atoms. The number of carbonyl (C=O) groups is 1. The molecule has 0 aliphatic heterocycles. The molecule has 116 valence electrons. The summed E-state index contributed by atoms with van der Waals surface area (Å²) in [6.07, 6.45) is 1.76. The second kappa shape index (κ2) is 5.56. The van der Waals surface area contributed by atoms with Crippen LogP contribution in [-0.4, -0.2) is 18.9 Å². The van der Waals surface area contributed by atoms with Crippen LogP contribution < -0.4 is 0 Å². The molecule has 1 aromatic carbocycles. The largest absolute Gasteiger partial charge is 0.294 e. The minimum absolute atomic E-state index is 0.0185. The van der Waals surface area contributed by atoms with Crippen molar-refractivity contribution >= 4 is 15.6 Å². The van der Waals surface area contributed by atoms with E-state index in [0.29, 0.717) is 23.8 Å². The van der Waals surface area contributed by atoms with Gasteiger partial charge in [-0.15, -0.1) is 0 Å². The Labute approximate surface area is 127 Å². The van der Waals surface area contributed by atoms with Crippen LogP contribution in [-0.2, 0) is 15.6 Å². The van der Waals surface area contributed by atoms with Gasteiger partial charge in [-0.2, -0.15) is 0 Å². The summed E-state index contributed by atoms with van der Waals surface area (Å²) in [5.41, 5.74) is 1.42. The molecule has 0 amide bonds. The van der Waals surface area contributed by atoms with Crippen LogP contribution in [0.25, 0.3) is 0 Å². The average Bonchev–Trinajstić information content (AvgIpc) is 3.03. The third-order valence-electron chi connectivity index (χ3n) is 4.29. The van der Waals surface area contributed by atoms with E-state index in [2.05, 4.69) is 6.92 Å². The molecular formula is C17H24O3S. The van der Waals surface area contributed by atoms with Gasteiger partial charge in [0.05, 0.1) is 10.5 Å². The van der Waals surface area contributed by atoms with E-state index in [1.165, 1.54) is 0 Å². The number of ketones is 1. The van der Waals surface area contributed by atoms with Crippen LogP contribution in [0.3, 0.4) is 0 Å². The Hall–Kier alpha value is -1.16. The van der Waals surface area contributed by atoms with Gasteiger partial charge < -0.3 is 0 Å². The second-order valence-corrected chi connectivity index (χ2v) is 9.91. The predicted octanol–water partition coefficient (Wildman–Crippen LogP) is 3.63. The Balaban J connectivity index is 2.04. The van der Waals surface area contributed by atoms with Gasteiger partial charge in [-0.3, -0.25) is 4.79 Å². The third-order valence-corrected chi connectivity index (χ3v) is 6.87. The number of hydrogen-bond donors (Lipinski definition) is 0. The quantitative estimate of drug-likeness (QED) is 0.781. The number of hydrogen-bond acceptors (Lipinski definition) is 3. The fraction of sp³-hybridized carbons (Fsp3) is 0.588. The Morgan fingerprint density at radius 1 is 1.19 bits per heavy atom. The van der Waals surface area contributed by atoms with Crippen LogP contribution in [0.4, 0.5) is 0 Å². The topological polar surface area (TPSA) is 51.2 Å². The fourth-order valence-electron chi connectivity index (χ4n) is 2.26. The monoisotopic (exact) mass is 308 g/mol. The Kier molecular flexibility index (Phi) is 4.29. The van der Waals surface area contributed by atoms with Crippen molar-refractivity contribution < 1.29 is 13.2 Å². The summed E-state index contributed by atoms with van der Waals surface area (Å²) >= 11 is 0. The first-order valence-electron chi connectivity index (χ1n) is 7.44. The number of carbonyl (C=O) groups excluding carboxylic acids is 1. The molecule has 2 unspecified atom stereocenters. The summed E-state index contributed by atoms with van der Waals surface area (Å²) in [6, 6.07) is 7.02. The molecule has 0 heterocycles. The lowest BCUT2D eigenvalue weighted by molar-refractivity contribution is 0.0974. The lowest BCUT2D eigenvalue weighted by Crippen LogP contribution is -2.29. The second-order valence-electron chi connectivity index (χ2n) is 7.17. The van der Waals surface area contributed by atoms with E-state index >= 15 is 0 Å². The van der Waals surface area contributed by atoms with Gasteiger partial charge in [0.15, 0.2) is 15.6 Å². The molecular weight excluding hydrogens is 284 g/mol. The van der Waals surface area contributed by atoms with E-state index in [1.54, 1.807) is 45.0 Å². The molecule has 4 heteroatoms. The van der Waals surface area contributed by atoms with E-state index < -0.39 is 14.6 Å². The number of benzene rings is 1. The molecule has 1 aliphatic rings. The van der Waals surface area contributed by atoms with Crippen molar-refractivity contribution in [2.24, 2.45) is 11.8 Å². The summed E-state index contributed by atoms with van der Waals surface area (Å²) in [5.74, 6) is 1.39. The third kappa shape index (κ3) is 3.94. The predicted molar refractivity (Wildman–Crippen MR) is 85.0 cm³/mol. The van der Waals surface area contributed by atoms with E-state index in [4.69, 9.17) is 0 Å². The van der Waals surface area contributed by atoms with Gasteiger partial charge >= 0.3 is 0 Å². The maximum Gasteiger partial charge on any atom is 0.163 e. The van der Waals surface area contributed by atoms with E-state index in [0.717, 1.165) is 12.0 Å². The first kappa shape index (κ1) is 16.2. The van der Waals surface area contributed by atoms with Crippen molar-refractivity contribution in [2.45, 2.75) is 51.0 Å². The zero-order valence-electron chi connectivity index (χ0n) is 13.2. The van der Waals surface area contributed by atoms with Gasteiger partial charge in [-0.25, -0.2) is 8.42 Å². The molecule has 0 aromatic heterocycles. The summed E-state index contributed by atoms with van der Waals surface area (Å²) in [7, 11) is -3.19. The average molecular weight is 308 g/mol. The SMILES string of the molecule is CC1CC1CC(=O)c1ccc(CS(=O)(=O)C(C)(C)C)cc1. The van der Waals surface area contributed by atoms with Crippen molar-refractivity contribution in [1.29, 1.82) is 0 Å². The van der Waals surface area contributed by atoms with Gasteiger partial charge in [-0.1, -0.05) is 31.2 Å². The molecule has 1 fully saturated rings. The molecule has 0 spiro atoms. The highest BCUT2D eigenvalue weighted by Gasteiger charge is 2.34. The maximum atomic E-state index is 12.2. The first-order chi connectivity index (χ1) is 9.60. The normalized spacial score (nSPS) is 22.1. The molecule has 3 nitrogen and oxygen atoms in total. The summed E-state index contributed by atoms with van der Waals surface area (Å²) < 4.78 is 23.6. The van der Waals surface area contributed by atoms with Crippen LogP contribution in [0.15, 0.2) is 24.3 Å². The summed E-state index contributed by atoms with van der Waals surface area (Å²) in [6.45, 7) is 7.28. The number of Topliss-reactive ketones (excluding diaryl/α,β-unsaturated/α-hetero) is 1. The molecule has 0 bridgehead atoms. The van der Waals surface area contributed by atoms with Gasteiger partial charge in [0, 0.05) is 12.0 Å². The molecule has 0 N–H and O–H groups in total. The molecule has 1 saturated carbocycles. The smallest absolute Gasteiger partial charge is 0.163 e. The van der Waals surface area contributed by atoms with Gasteiger partial charge in [0.25, 0.3) is 0 Å². The number of sulfone groups is 1. The highest BCUT2D eigenvalue weighted by molar-refractivity contribution is 7.91. The van der Waals surface area contributed by atoms with E-state index in [9.17, 15) is 13.2 Å². The Morgan fingerprint density at radius 3 is 2.14 bits per heavy atom. The van der Waals surface area contributed by atoms with Crippen molar-refractivity contribution in [1.82, 2.24) is 0 Å². The molecule has 2 rings (SSSR count). The molecule has 1 aromatic rings. The number of rotatable bonds is 5. The molecule has 1 aliphatic carbocycles. The van der Waals surface area contributed by atoms with E-state index in [1.807, 2.05) is 0 Å². The highest BCUT2D eigenvalue weighted by Crippen LogP contribution is 2.41. The van der Waals surface area contributed by atoms with Crippen molar-refractivity contribution in [2.75, 3.05) is 0 Å². The molecule has 0 saturated heterocycles. The van der Waals surface area contributed by atoms with Gasteiger partial charge in [-0.05, 0) is 44.6 Å². The van der Waals surface area contributed by atoms with Crippen LogP contribution in [0.5, 0.6) is 0 Å². The van der Waals surface area contributed by atoms with Crippen molar-refractivity contribution in [3.8, 4) is 0 Å². The standard InChI is InChI=1S/C17H24O3S/c1-12-9-15(12)10-16(18)14-7-5-13(6-8-14)11-21(19,20)17(2,3)4/h5-8,12,15H,9-11H2,1-4H3. The lowest BCUT2D eigenvalue weighted by atomic mass is 10.0. The zero-order valence-corrected chi connectivity index (χ0v) is 14.0. The summed E-state index contributed by atoms with van der Waals surface area (Å²) in [4.78, 5) is 12.1. The minimum Gasteiger partial charge on any atom is -0.294 e. The van der Waals surface area contributed by atoms with Crippen LogP contribution in [0.2, 0.25) is 0 Å². The first-order valence-corrected chi connectivity index (χ1v) is 9.10. The van der Waals surface area contributed by atoms with Crippen molar-refractivity contribution in [3.63, 3.8) is 0 Å². The molecule has 2 atom stereocenters. The summed E-state index contributed by atoms with van der Waals surface area (Å²) in [5, 5.41) is 0. The van der Waals surface area contributed by atoms with E-state index in [-0.39, 0.29) is 11.5 Å². The van der Waals surface area contributed by atoms with Crippen LogP contribution >= 0.6 is 0 Å².